The molecule has 0 aromatic heterocycles. The minimum absolute atomic E-state index is 0.569. The summed E-state index contributed by atoms with van der Waals surface area (Å²) in [7, 11) is 4.07. The maximum Gasteiger partial charge on any atom is 0.0631 e. The van der Waals surface area contributed by atoms with Crippen LogP contribution in [0.15, 0.2) is 53.5 Å². The molecule has 0 saturated heterocycles. The van der Waals surface area contributed by atoms with Gasteiger partial charge in [-0.05, 0) is 41.3 Å². The van der Waals surface area contributed by atoms with Gasteiger partial charge in [-0.15, -0.1) is 0 Å². The molecular formula is C18H22N2. The molecule has 0 fully saturated rings. The number of hydrogen-bond acceptors (Lipinski definition) is 2. The average molecular weight is 266 g/mol. The number of nitrogens with zero attached hydrogens (tertiary/aromatic N) is 2. The first-order chi connectivity index (χ1) is 9.56. The molecule has 2 aromatic carbocycles. The van der Waals surface area contributed by atoms with Crippen molar-refractivity contribution in [3.63, 3.8) is 0 Å². The zero-order valence-electron chi connectivity index (χ0n) is 12.7. The standard InChI is InChI=1S/C18H22N2/c1-14(2)16-7-5-15(6-8-16)13-19-17-9-11-18(12-10-17)20(3)4/h5-14H,1-4H3. The molecular weight excluding hydrogens is 244 g/mol. The molecule has 2 heteroatoms. The maximum absolute atomic E-state index is 4.51. The predicted molar refractivity (Wildman–Crippen MR) is 88.6 cm³/mol. The third kappa shape index (κ3) is 3.70. The number of benzene rings is 2. The predicted octanol–water partition coefficient (Wildman–Crippen LogP) is 4.63. The lowest BCUT2D eigenvalue weighted by Gasteiger charge is -2.11. The van der Waals surface area contributed by atoms with Gasteiger partial charge in [-0.2, -0.15) is 0 Å². The van der Waals surface area contributed by atoms with Gasteiger partial charge >= 0.3 is 0 Å². The molecule has 0 bridgehead atoms. The van der Waals surface area contributed by atoms with Crippen molar-refractivity contribution in [3.8, 4) is 0 Å². The van der Waals surface area contributed by atoms with Gasteiger partial charge in [0, 0.05) is 26.0 Å². The highest BCUT2D eigenvalue weighted by atomic mass is 15.1. The summed E-state index contributed by atoms with van der Waals surface area (Å²) in [5, 5.41) is 0. The molecule has 0 N–H and O–H groups in total. The van der Waals surface area contributed by atoms with Crippen LogP contribution in [0, 0.1) is 0 Å². The Balaban J connectivity index is 2.08. The Morgan fingerprint density at radius 2 is 1.50 bits per heavy atom. The fourth-order valence-electron chi connectivity index (χ4n) is 1.95. The zero-order chi connectivity index (χ0) is 14.5. The molecule has 0 radical (unpaired) electrons. The number of rotatable bonds is 4. The second-order valence-corrected chi connectivity index (χ2v) is 5.49. The van der Waals surface area contributed by atoms with E-state index in [0.29, 0.717) is 5.92 Å². The van der Waals surface area contributed by atoms with Crippen LogP contribution in [0.25, 0.3) is 0 Å². The number of aliphatic imine (C=N–C) groups is 1. The molecule has 104 valence electrons. The van der Waals surface area contributed by atoms with E-state index in [1.807, 2.05) is 32.4 Å². The molecule has 2 nitrogen and oxygen atoms in total. The van der Waals surface area contributed by atoms with Crippen molar-refractivity contribution < 1.29 is 0 Å². The highest BCUT2D eigenvalue weighted by molar-refractivity contribution is 5.82. The number of anilines is 1. The van der Waals surface area contributed by atoms with Crippen molar-refractivity contribution in [2.24, 2.45) is 4.99 Å². The van der Waals surface area contributed by atoms with Gasteiger partial charge in [-0.1, -0.05) is 38.1 Å². The van der Waals surface area contributed by atoms with E-state index < -0.39 is 0 Å². The lowest BCUT2D eigenvalue weighted by atomic mass is 10.0. The van der Waals surface area contributed by atoms with Crippen LogP contribution in [0.1, 0.15) is 30.9 Å². The maximum atomic E-state index is 4.51. The highest BCUT2D eigenvalue weighted by Gasteiger charge is 1.98. The fraction of sp³-hybridized carbons (Fsp3) is 0.278. The first kappa shape index (κ1) is 14.3. The second kappa shape index (κ2) is 6.38. The largest absolute Gasteiger partial charge is 0.378 e. The Bertz CT molecular complexity index is 510. The molecule has 0 heterocycles. The second-order valence-electron chi connectivity index (χ2n) is 5.49. The molecule has 0 aliphatic heterocycles. The van der Waals surface area contributed by atoms with Crippen molar-refractivity contribution in [1.29, 1.82) is 0 Å². The van der Waals surface area contributed by atoms with E-state index in [-0.39, 0.29) is 0 Å². The average Bonchev–Trinajstić information content (AvgIpc) is 2.46. The van der Waals surface area contributed by atoms with Crippen molar-refractivity contribution in [2.45, 2.75) is 19.8 Å². The van der Waals surface area contributed by atoms with Crippen molar-refractivity contribution in [2.75, 3.05) is 19.0 Å². The van der Waals surface area contributed by atoms with E-state index in [9.17, 15) is 0 Å². The summed E-state index contributed by atoms with van der Waals surface area (Å²) >= 11 is 0. The highest BCUT2D eigenvalue weighted by Crippen LogP contribution is 2.18. The summed E-state index contributed by atoms with van der Waals surface area (Å²) in [6, 6.07) is 16.8. The van der Waals surface area contributed by atoms with Gasteiger partial charge in [0.1, 0.15) is 0 Å². The molecule has 2 aromatic rings. The van der Waals surface area contributed by atoms with Gasteiger partial charge in [0.25, 0.3) is 0 Å². The summed E-state index contributed by atoms with van der Waals surface area (Å²) in [4.78, 5) is 6.59. The first-order valence-electron chi connectivity index (χ1n) is 6.97. The Hall–Kier alpha value is -2.09. The Kier molecular flexibility index (Phi) is 4.57. The lowest BCUT2D eigenvalue weighted by Crippen LogP contribution is -2.07. The quantitative estimate of drug-likeness (QED) is 0.737. The van der Waals surface area contributed by atoms with Crippen LogP contribution in [-0.4, -0.2) is 20.3 Å². The monoisotopic (exact) mass is 266 g/mol. The van der Waals surface area contributed by atoms with E-state index in [4.69, 9.17) is 0 Å². The SMILES string of the molecule is CC(C)c1ccc(C=Nc2ccc(N(C)C)cc2)cc1. The Morgan fingerprint density at radius 1 is 0.900 bits per heavy atom. The Morgan fingerprint density at radius 3 is 2.00 bits per heavy atom. The summed E-state index contributed by atoms with van der Waals surface area (Å²) in [5.74, 6) is 0.569. The van der Waals surface area contributed by atoms with E-state index >= 15 is 0 Å². The Labute approximate surface area is 121 Å². The molecule has 0 aliphatic carbocycles. The van der Waals surface area contributed by atoms with Gasteiger partial charge in [0.2, 0.25) is 0 Å². The first-order valence-corrected chi connectivity index (χ1v) is 6.97. The summed E-state index contributed by atoms with van der Waals surface area (Å²) < 4.78 is 0. The van der Waals surface area contributed by atoms with Gasteiger partial charge in [-0.25, -0.2) is 0 Å². The van der Waals surface area contributed by atoms with Gasteiger partial charge in [0.05, 0.1) is 5.69 Å². The van der Waals surface area contributed by atoms with Crippen molar-refractivity contribution >= 4 is 17.6 Å². The van der Waals surface area contributed by atoms with E-state index in [1.165, 1.54) is 11.3 Å². The minimum atomic E-state index is 0.569. The van der Waals surface area contributed by atoms with Crippen LogP contribution in [0.2, 0.25) is 0 Å². The molecule has 0 unspecified atom stereocenters. The smallest absolute Gasteiger partial charge is 0.0631 e. The topological polar surface area (TPSA) is 15.6 Å². The normalized spacial score (nSPS) is 11.2. The molecule has 0 aliphatic rings. The van der Waals surface area contributed by atoms with E-state index in [2.05, 4.69) is 60.1 Å². The van der Waals surface area contributed by atoms with Crippen LogP contribution in [0.5, 0.6) is 0 Å². The molecule has 0 amide bonds. The molecule has 0 spiro atoms. The molecule has 0 atom stereocenters. The zero-order valence-corrected chi connectivity index (χ0v) is 12.7. The molecule has 2 rings (SSSR count). The van der Waals surface area contributed by atoms with E-state index in [1.54, 1.807) is 0 Å². The summed E-state index contributed by atoms with van der Waals surface area (Å²) in [5.41, 5.74) is 4.65. The third-order valence-corrected chi connectivity index (χ3v) is 3.33. The summed E-state index contributed by atoms with van der Waals surface area (Å²) in [6.07, 6.45) is 1.91. The van der Waals surface area contributed by atoms with Crippen LogP contribution >= 0.6 is 0 Å². The van der Waals surface area contributed by atoms with Gasteiger partial charge in [0.15, 0.2) is 0 Å². The van der Waals surface area contributed by atoms with Crippen LogP contribution in [0.4, 0.5) is 11.4 Å². The van der Waals surface area contributed by atoms with Crippen molar-refractivity contribution in [1.82, 2.24) is 0 Å². The fourth-order valence-corrected chi connectivity index (χ4v) is 1.95. The van der Waals surface area contributed by atoms with Crippen LogP contribution < -0.4 is 4.90 Å². The minimum Gasteiger partial charge on any atom is -0.378 e. The van der Waals surface area contributed by atoms with Crippen LogP contribution in [-0.2, 0) is 0 Å². The van der Waals surface area contributed by atoms with Gasteiger partial charge < -0.3 is 4.90 Å². The third-order valence-electron chi connectivity index (χ3n) is 3.33. The number of hydrogen-bond donors (Lipinski definition) is 0. The molecule has 20 heavy (non-hydrogen) atoms. The van der Waals surface area contributed by atoms with Gasteiger partial charge in [-0.3, -0.25) is 4.99 Å². The van der Waals surface area contributed by atoms with Crippen molar-refractivity contribution in [3.05, 3.63) is 59.7 Å². The van der Waals surface area contributed by atoms with E-state index in [0.717, 1.165) is 11.3 Å². The summed E-state index contributed by atoms with van der Waals surface area (Å²) in [6.45, 7) is 4.41. The molecule has 0 saturated carbocycles. The van der Waals surface area contributed by atoms with Crippen LogP contribution in [0.3, 0.4) is 0 Å². The lowest BCUT2D eigenvalue weighted by molar-refractivity contribution is 0.866.